The second-order valence-corrected chi connectivity index (χ2v) is 5.43. The van der Waals surface area contributed by atoms with Crippen LogP contribution in [0.3, 0.4) is 0 Å². The van der Waals surface area contributed by atoms with E-state index in [1.54, 1.807) is 30.7 Å². The van der Waals surface area contributed by atoms with Crippen molar-refractivity contribution < 1.29 is 0 Å². The van der Waals surface area contributed by atoms with Gasteiger partial charge in [-0.1, -0.05) is 11.6 Å². The maximum absolute atomic E-state index is 12.0. The number of hydrogen-bond donors (Lipinski definition) is 2. The van der Waals surface area contributed by atoms with Crippen LogP contribution in [0.15, 0.2) is 41.1 Å². The molecule has 3 rings (SSSR count). The molecular weight excluding hydrogens is 278 g/mol. The van der Waals surface area contributed by atoms with Gasteiger partial charge in [0.15, 0.2) is 0 Å². The smallest absolute Gasteiger partial charge is 0.274 e. The lowest BCUT2D eigenvalue weighted by molar-refractivity contribution is 0.729. The van der Waals surface area contributed by atoms with Gasteiger partial charge in [-0.3, -0.25) is 9.78 Å². The number of nitrogen functional groups attached to an aromatic ring is 1. The Morgan fingerprint density at radius 1 is 1.41 bits per heavy atom. The van der Waals surface area contributed by atoms with Crippen molar-refractivity contribution in [2.45, 2.75) is 20.4 Å². The van der Waals surface area contributed by atoms with Gasteiger partial charge in [0.05, 0.1) is 29.5 Å². The molecule has 22 heavy (non-hydrogen) atoms. The molecule has 0 saturated heterocycles. The van der Waals surface area contributed by atoms with Crippen molar-refractivity contribution in [1.82, 2.24) is 19.5 Å². The Morgan fingerprint density at radius 3 is 3.00 bits per heavy atom. The maximum Gasteiger partial charge on any atom is 0.274 e. The molecule has 0 aliphatic heterocycles. The SMILES string of the molecule is CC(C)=Cc1cncc2[nH]c(Cn3cccc(N)c3=O)nc12. The molecule has 0 radical (unpaired) electrons. The van der Waals surface area contributed by atoms with E-state index in [4.69, 9.17) is 5.73 Å². The first-order chi connectivity index (χ1) is 10.5. The summed E-state index contributed by atoms with van der Waals surface area (Å²) in [6, 6.07) is 3.34. The average molecular weight is 295 g/mol. The topological polar surface area (TPSA) is 89.6 Å². The van der Waals surface area contributed by atoms with Gasteiger partial charge in [0.2, 0.25) is 0 Å². The molecule has 0 aliphatic carbocycles. The maximum atomic E-state index is 12.0. The minimum atomic E-state index is -0.217. The molecule has 0 bridgehead atoms. The highest BCUT2D eigenvalue weighted by Gasteiger charge is 2.08. The average Bonchev–Trinajstić information content (AvgIpc) is 2.87. The van der Waals surface area contributed by atoms with Crippen molar-refractivity contribution in [2.24, 2.45) is 0 Å². The highest BCUT2D eigenvalue weighted by Crippen LogP contribution is 2.18. The van der Waals surface area contributed by atoms with Gasteiger partial charge >= 0.3 is 0 Å². The molecular formula is C16H17N5O. The third kappa shape index (κ3) is 2.63. The van der Waals surface area contributed by atoms with E-state index in [0.717, 1.165) is 16.6 Å². The summed E-state index contributed by atoms with van der Waals surface area (Å²) >= 11 is 0. The number of nitrogens with two attached hydrogens (primary N) is 1. The predicted octanol–water partition coefficient (Wildman–Crippen LogP) is 2.17. The van der Waals surface area contributed by atoms with Crippen molar-refractivity contribution >= 4 is 22.8 Å². The quantitative estimate of drug-likeness (QED) is 0.775. The summed E-state index contributed by atoms with van der Waals surface area (Å²) in [6.45, 7) is 4.39. The fourth-order valence-corrected chi connectivity index (χ4v) is 2.34. The van der Waals surface area contributed by atoms with E-state index in [-0.39, 0.29) is 11.2 Å². The number of allylic oxidation sites excluding steroid dienone is 1. The van der Waals surface area contributed by atoms with E-state index in [1.807, 2.05) is 19.9 Å². The molecule has 0 fully saturated rings. The lowest BCUT2D eigenvalue weighted by atomic mass is 10.2. The normalized spacial score (nSPS) is 10.8. The molecule has 6 heteroatoms. The second kappa shape index (κ2) is 5.48. The van der Waals surface area contributed by atoms with Crippen LogP contribution in [-0.4, -0.2) is 19.5 Å². The molecule has 3 N–H and O–H groups in total. The number of aromatic nitrogens is 4. The highest BCUT2D eigenvalue weighted by molar-refractivity contribution is 5.84. The fourth-order valence-electron chi connectivity index (χ4n) is 2.34. The van der Waals surface area contributed by atoms with Crippen molar-refractivity contribution in [3.05, 3.63) is 58.0 Å². The van der Waals surface area contributed by atoms with E-state index in [9.17, 15) is 4.79 Å². The molecule has 0 spiro atoms. The van der Waals surface area contributed by atoms with Crippen molar-refractivity contribution in [3.8, 4) is 0 Å². The Balaban J connectivity index is 2.04. The van der Waals surface area contributed by atoms with Crippen LogP contribution in [0, 0.1) is 0 Å². The van der Waals surface area contributed by atoms with Gasteiger partial charge in [-0.2, -0.15) is 0 Å². The Morgan fingerprint density at radius 2 is 2.23 bits per heavy atom. The summed E-state index contributed by atoms with van der Waals surface area (Å²) in [6.07, 6.45) is 7.25. The fraction of sp³-hybridized carbons (Fsp3) is 0.188. The van der Waals surface area contributed by atoms with E-state index in [0.29, 0.717) is 12.4 Å². The number of imidazole rings is 1. The number of rotatable bonds is 3. The van der Waals surface area contributed by atoms with E-state index >= 15 is 0 Å². The Kier molecular flexibility index (Phi) is 3.50. The Labute approximate surface area is 127 Å². The van der Waals surface area contributed by atoms with Crippen LogP contribution < -0.4 is 11.3 Å². The number of hydrogen-bond acceptors (Lipinski definition) is 4. The molecule has 0 aliphatic rings. The van der Waals surface area contributed by atoms with E-state index in [1.165, 1.54) is 10.1 Å². The molecule has 3 heterocycles. The first-order valence-corrected chi connectivity index (χ1v) is 6.97. The van der Waals surface area contributed by atoms with Gasteiger partial charge in [-0.25, -0.2) is 4.98 Å². The van der Waals surface area contributed by atoms with E-state index in [2.05, 4.69) is 15.0 Å². The van der Waals surface area contributed by atoms with Gasteiger partial charge in [-0.15, -0.1) is 0 Å². The summed E-state index contributed by atoms with van der Waals surface area (Å²) in [7, 11) is 0. The lowest BCUT2D eigenvalue weighted by Gasteiger charge is -2.03. The van der Waals surface area contributed by atoms with Gasteiger partial charge in [0.1, 0.15) is 5.82 Å². The zero-order chi connectivity index (χ0) is 15.7. The highest BCUT2D eigenvalue weighted by atomic mass is 16.1. The molecule has 112 valence electrons. The molecule has 3 aromatic rings. The first kappa shape index (κ1) is 14.1. The second-order valence-electron chi connectivity index (χ2n) is 5.43. The number of aromatic amines is 1. The molecule has 0 atom stereocenters. The van der Waals surface area contributed by atoms with Crippen molar-refractivity contribution in [3.63, 3.8) is 0 Å². The summed E-state index contributed by atoms with van der Waals surface area (Å²) in [5, 5.41) is 0. The molecule has 0 amide bonds. The Hall–Kier alpha value is -2.89. The third-order valence-electron chi connectivity index (χ3n) is 3.29. The van der Waals surface area contributed by atoms with Gasteiger partial charge in [0, 0.05) is 18.0 Å². The molecule has 0 saturated carbocycles. The number of fused-ring (bicyclic) bond motifs is 1. The summed E-state index contributed by atoms with van der Waals surface area (Å²) in [5.74, 6) is 0.694. The van der Waals surface area contributed by atoms with Gasteiger partial charge in [-0.05, 0) is 26.0 Å². The van der Waals surface area contributed by atoms with Gasteiger partial charge < -0.3 is 15.3 Å². The zero-order valence-corrected chi connectivity index (χ0v) is 12.5. The zero-order valence-electron chi connectivity index (χ0n) is 12.5. The third-order valence-corrected chi connectivity index (χ3v) is 3.29. The molecule has 0 aromatic carbocycles. The minimum absolute atomic E-state index is 0.217. The van der Waals surface area contributed by atoms with Crippen LogP contribution in [0.25, 0.3) is 17.1 Å². The summed E-state index contributed by atoms with van der Waals surface area (Å²) in [5.41, 5.74) is 9.49. The molecule has 6 nitrogen and oxygen atoms in total. The standard InChI is InChI=1S/C16H17N5O/c1-10(2)6-11-7-18-8-13-15(11)20-14(19-13)9-21-5-3-4-12(17)16(21)22/h3-8H,9,17H2,1-2H3,(H,19,20). The van der Waals surface area contributed by atoms with Crippen LogP contribution in [0.4, 0.5) is 5.69 Å². The van der Waals surface area contributed by atoms with Crippen LogP contribution in [0.2, 0.25) is 0 Å². The molecule has 0 unspecified atom stereocenters. The number of nitrogens with one attached hydrogen (secondary N) is 1. The van der Waals surface area contributed by atoms with Crippen LogP contribution in [0.1, 0.15) is 25.2 Å². The lowest BCUT2D eigenvalue weighted by Crippen LogP contribution is -2.22. The van der Waals surface area contributed by atoms with Crippen LogP contribution in [0.5, 0.6) is 0 Å². The number of nitrogens with zero attached hydrogens (tertiary/aromatic N) is 3. The summed E-state index contributed by atoms with van der Waals surface area (Å²) < 4.78 is 1.53. The van der Waals surface area contributed by atoms with Crippen molar-refractivity contribution in [2.75, 3.05) is 5.73 Å². The van der Waals surface area contributed by atoms with E-state index < -0.39 is 0 Å². The minimum Gasteiger partial charge on any atom is -0.394 e. The van der Waals surface area contributed by atoms with Gasteiger partial charge in [0.25, 0.3) is 5.56 Å². The first-order valence-electron chi connectivity index (χ1n) is 6.97. The van der Waals surface area contributed by atoms with Crippen LogP contribution in [-0.2, 0) is 6.54 Å². The molecule has 3 aromatic heterocycles. The number of pyridine rings is 2. The van der Waals surface area contributed by atoms with Crippen molar-refractivity contribution in [1.29, 1.82) is 0 Å². The number of anilines is 1. The van der Waals surface area contributed by atoms with Crippen LogP contribution >= 0.6 is 0 Å². The predicted molar refractivity (Wildman–Crippen MR) is 87.4 cm³/mol. The summed E-state index contributed by atoms with van der Waals surface area (Å²) in [4.78, 5) is 24.0. The Bertz CT molecular complexity index is 916. The monoisotopic (exact) mass is 295 g/mol. The largest absolute Gasteiger partial charge is 0.394 e. The number of H-pyrrole nitrogens is 1.